The van der Waals surface area contributed by atoms with Crippen molar-refractivity contribution >= 4 is 5.91 Å². The minimum Gasteiger partial charge on any atom is -0.360 e. The van der Waals surface area contributed by atoms with Gasteiger partial charge in [-0.25, -0.2) is 19.3 Å². The highest BCUT2D eigenvalue weighted by Crippen LogP contribution is 2.43. The summed E-state index contributed by atoms with van der Waals surface area (Å²) >= 11 is 0. The van der Waals surface area contributed by atoms with E-state index in [1.807, 2.05) is 6.20 Å². The minimum absolute atomic E-state index is 0.211. The van der Waals surface area contributed by atoms with Crippen LogP contribution in [0.15, 0.2) is 24.5 Å². The van der Waals surface area contributed by atoms with E-state index in [-0.39, 0.29) is 11.6 Å². The smallest absolute Gasteiger partial charge is 0.272 e. The Morgan fingerprint density at radius 2 is 1.96 bits per heavy atom. The van der Waals surface area contributed by atoms with E-state index in [4.69, 9.17) is 9.72 Å². The topological polar surface area (TPSA) is 68.2 Å². The number of carbonyl (C=O) groups excluding carboxylic acids is 1. The predicted molar refractivity (Wildman–Crippen MR) is 94.4 cm³/mol. The quantitative estimate of drug-likeness (QED) is 0.815. The summed E-state index contributed by atoms with van der Waals surface area (Å²) in [4.78, 5) is 27.5. The van der Waals surface area contributed by atoms with E-state index in [0.29, 0.717) is 25.6 Å². The molecular weight excluding hydrogens is 347 g/mol. The van der Waals surface area contributed by atoms with Crippen LogP contribution in [-0.2, 0) is 16.9 Å². The normalized spacial score (nSPS) is 21.1. The van der Waals surface area contributed by atoms with Crippen LogP contribution in [0.3, 0.4) is 0 Å². The first-order valence-corrected chi connectivity index (χ1v) is 9.56. The first-order chi connectivity index (χ1) is 13.1. The fourth-order valence-electron chi connectivity index (χ4n) is 4.40. The third kappa shape index (κ3) is 2.81. The first-order valence-electron chi connectivity index (χ1n) is 9.56. The number of carbonyl (C=O) groups is 1. The van der Waals surface area contributed by atoms with Crippen molar-refractivity contribution in [2.45, 2.75) is 50.2 Å². The van der Waals surface area contributed by atoms with Crippen LogP contribution in [0.5, 0.6) is 0 Å². The summed E-state index contributed by atoms with van der Waals surface area (Å²) in [5.74, 6) is 0.740. The van der Waals surface area contributed by atoms with Crippen molar-refractivity contribution in [3.8, 4) is 0 Å². The number of hydrogen-bond acceptors (Lipinski definition) is 5. The molecule has 2 aromatic heterocycles. The molecule has 2 aliphatic heterocycles. The molecule has 140 valence electrons. The molecule has 6 nitrogen and oxygen atoms in total. The fraction of sp³-hybridized carbons (Fsp3) is 0.500. The van der Waals surface area contributed by atoms with E-state index in [9.17, 15) is 9.18 Å². The van der Waals surface area contributed by atoms with Gasteiger partial charge in [-0.15, -0.1) is 0 Å². The number of rotatable bonds is 2. The van der Waals surface area contributed by atoms with Gasteiger partial charge < -0.3 is 9.64 Å². The highest BCUT2D eigenvalue weighted by Gasteiger charge is 2.53. The molecule has 4 heterocycles. The molecule has 2 fully saturated rings. The van der Waals surface area contributed by atoms with Crippen molar-refractivity contribution in [1.29, 1.82) is 0 Å². The minimum atomic E-state index is -0.504. The Morgan fingerprint density at radius 1 is 1.15 bits per heavy atom. The zero-order valence-electron chi connectivity index (χ0n) is 15.0. The second-order valence-corrected chi connectivity index (χ2v) is 7.73. The van der Waals surface area contributed by atoms with Gasteiger partial charge in [0.15, 0.2) is 0 Å². The second-order valence-electron chi connectivity index (χ2n) is 7.73. The molecule has 27 heavy (non-hydrogen) atoms. The standard InChI is InChI=1S/C20H21FN4O2/c21-14-6-7-16(22-8-14)19(26)25-11-20(12-25)15-9-23-18(24-17(15)10-27-20)13-4-2-1-3-5-13/h6-9,13H,1-5,10-12H2. The molecule has 7 heteroatoms. The molecule has 0 N–H and O–H groups in total. The summed E-state index contributed by atoms with van der Waals surface area (Å²) in [6.07, 6.45) is 9.10. The maximum absolute atomic E-state index is 13.0. The lowest BCUT2D eigenvalue weighted by atomic mass is 9.86. The number of aromatic nitrogens is 3. The molecule has 2 aromatic rings. The van der Waals surface area contributed by atoms with Crippen molar-refractivity contribution in [3.63, 3.8) is 0 Å². The largest absolute Gasteiger partial charge is 0.360 e. The number of ether oxygens (including phenoxy) is 1. The van der Waals surface area contributed by atoms with Gasteiger partial charge in [-0.2, -0.15) is 0 Å². The Balaban J connectivity index is 1.31. The molecule has 0 bridgehead atoms. The Labute approximate surface area is 156 Å². The summed E-state index contributed by atoms with van der Waals surface area (Å²) in [7, 11) is 0. The van der Waals surface area contributed by atoms with Crippen LogP contribution in [0.1, 0.15) is 65.6 Å². The van der Waals surface area contributed by atoms with Gasteiger partial charge in [0.2, 0.25) is 0 Å². The van der Waals surface area contributed by atoms with Crippen LogP contribution < -0.4 is 0 Å². The summed E-state index contributed by atoms with van der Waals surface area (Å²) in [5.41, 5.74) is 1.69. The number of fused-ring (bicyclic) bond motifs is 2. The number of pyridine rings is 1. The van der Waals surface area contributed by atoms with Crippen LogP contribution in [0.2, 0.25) is 0 Å². The molecule has 1 saturated heterocycles. The molecule has 0 aromatic carbocycles. The highest BCUT2D eigenvalue weighted by molar-refractivity contribution is 5.93. The molecular formula is C20H21FN4O2. The molecule has 0 unspecified atom stereocenters. The zero-order valence-corrected chi connectivity index (χ0v) is 15.0. The van der Waals surface area contributed by atoms with Gasteiger partial charge in [0.05, 0.1) is 31.6 Å². The fourth-order valence-corrected chi connectivity index (χ4v) is 4.40. The average molecular weight is 368 g/mol. The number of nitrogens with zero attached hydrogens (tertiary/aromatic N) is 4. The molecule has 1 spiro atoms. The lowest BCUT2D eigenvalue weighted by molar-refractivity contribution is -0.126. The van der Waals surface area contributed by atoms with Crippen LogP contribution in [0.4, 0.5) is 4.39 Å². The van der Waals surface area contributed by atoms with E-state index in [0.717, 1.165) is 36.1 Å². The molecule has 3 aliphatic rings. The van der Waals surface area contributed by atoms with Crippen LogP contribution in [0, 0.1) is 5.82 Å². The maximum Gasteiger partial charge on any atom is 0.272 e. The lowest BCUT2D eigenvalue weighted by Crippen LogP contribution is -2.61. The van der Waals surface area contributed by atoms with Gasteiger partial charge in [0.25, 0.3) is 5.91 Å². The Hall–Kier alpha value is -2.41. The number of likely N-dealkylation sites (tertiary alicyclic amines) is 1. The van der Waals surface area contributed by atoms with Crippen LogP contribution in [-0.4, -0.2) is 38.8 Å². The zero-order chi connectivity index (χ0) is 18.4. The second kappa shape index (κ2) is 6.34. The van der Waals surface area contributed by atoms with Gasteiger partial charge in [-0.05, 0) is 25.0 Å². The predicted octanol–water partition coefficient (Wildman–Crippen LogP) is 2.94. The highest BCUT2D eigenvalue weighted by atomic mass is 19.1. The molecule has 0 atom stereocenters. The van der Waals surface area contributed by atoms with Gasteiger partial charge in [-0.1, -0.05) is 19.3 Å². The van der Waals surface area contributed by atoms with Crippen LogP contribution in [0.25, 0.3) is 0 Å². The molecule has 1 aliphatic carbocycles. The third-order valence-corrected chi connectivity index (χ3v) is 5.96. The SMILES string of the molecule is O=C(c1ccc(F)cn1)N1CC2(C1)OCc1nc(C3CCCCC3)ncc12. The summed E-state index contributed by atoms with van der Waals surface area (Å²) in [6, 6.07) is 2.66. The Bertz CT molecular complexity index is 874. The number of hydrogen-bond donors (Lipinski definition) is 0. The monoisotopic (exact) mass is 368 g/mol. The number of halogens is 1. The van der Waals surface area contributed by atoms with E-state index < -0.39 is 11.4 Å². The first kappa shape index (κ1) is 16.7. The van der Waals surface area contributed by atoms with E-state index >= 15 is 0 Å². The number of amides is 1. The summed E-state index contributed by atoms with van der Waals surface area (Å²) in [5, 5.41) is 0. The van der Waals surface area contributed by atoms with Crippen molar-refractivity contribution in [2.75, 3.05) is 13.1 Å². The van der Waals surface area contributed by atoms with Gasteiger partial charge >= 0.3 is 0 Å². The van der Waals surface area contributed by atoms with Gasteiger partial charge in [-0.3, -0.25) is 4.79 Å². The van der Waals surface area contributed by atoms with Crippen molar-refractivity contribution in [2.24, 2.45) is 0 Å². The van der Waals surface area contributed by atoms with Crippen LogP contribution >= 0.6 is 0 Å². The molecule has 0 radical (unpaired) electrons. The summed E-state index contributed by atoms with van der Waals surface area (Å²) < 4.78 is 19.0. The van der Waals surface area contributed by atoms with Gasteiger partial charge in [0, 0.05) is 17.7 Å². The summed E-state index contributed by atoms with van der Waals surface area (Å²) in [6.45, 7) is 1.36. The van der Waals surface area contributed by atoms with Crippen molar-refractivity contribution in [3.05, 3.63) is 53.1 Å². The molecule has 5 rings (SSSR count). The Morgan fingerprint density at radius 3 is 2.70 bits per heavy atom. The molecule has 1 amide bonds. The van der Waals surface area contributed by atoms with E-state index in [1.165, 1.54) is 31.4 Å². The third-order valence-electron chi connectivity index (χ3n) is 5.96. The molecule has 1 saturated carbocycles. The maximum atomic E-state index is 13.0. The van der Waals surface area contributed by atoms with Crippen molar-refractivity contribution in [1.82, 2.24) is 19.9 Å². The van der Waals surface area contributed by atoms with E-state index in [2.05, 4.69) is 9.97 Å². The van der Waals surface area contributed by atoms with Crippen molar-refractivity contribution < 1.29 is 13.9 Å². The van der Waals surface area contributed by atoms with E-state index in [1.54, 1.807) is 4.90 Å². The lowest BCUT2D eigenvalue weighted by Gasteiger charge is -2.47. The van der Waals surface area contributed by atoms with Gasteiger partial charge in [0.1, 0.15) is 22.9 Å². The average Bonchev–Trinajstić information content (AvgIpc) is 3.06. The Kier molecular flexibility index (Phi) is 3.93.